The molecule has 0 amide bonds. The van der Waals surface area contributed by atoms with Gasteiger partial charge in [0.2, 0.25) is 5.75 Å². The van der Waals surface area contributed by atoms with Crippen molar-refractivity contribution in [2.24, 2.45) is 0 Å². The number of hydrogen-bond acceptors (Lipinski definition) is 6. The Balaban J connectivity index is 2.19. The van der Waals surface area contributed by atoms with E-state index in [1.807, 2.05) is 18.2 Å². The van der Waals surface area contributed by atoms with Gasteiger partial charge < -0.3 is 24.7 Å². The fraction of sp³-hybridized carbons (Fsp3) is 0.286. The van der Waals surface area contributed by atoms with Crippen molar-refractivity contribution in [3.63, 3.8) is 0 Å². The molecule has 0 saturated heterocycles. The van der Waals surface area contributed by atoms with Gasteiger partial charge in [0.15, 0.2) is 17.3 Å². The zero-order valence-electron chi connectivity index (χ0n) is 15.9. The maximum Gasteiger partial charge on any atom is 0.203 e. The summed E-state index contributed by atoms with van der Waals surface area (Å²) in [5.41, 5.74) is 9.65. The maximum absolute atomic E-state index is 12.7. The summed E-state index contributed by atoms with van der Waals surface area (Å²) in [6.07, 6.45) is 2.82. The predicted molar refractivity (Wildman–Crippen MR) is 105 cm³/mol. The fourth-order valence-electron chi connectivity index (χ4n) is 3.40. The monoisotopic (exact) mass is 369 g/mol. The average molecular weight is 369 g/mol. The largest absolute Gasteiger partial charge is 0.495 e. The quantitative estimate of drug-likeness (QED) is 0.643. The highest BCUT2D eigenvalue weighted by atomic mass is 16.5. The molecule has 2 aromatic rings. The third-order valence-corrected chi connectivity index (χ3v) is 4.69. The minimum absolute atomic E-state index is 0.0613. The van der Waals surface area contributed by atoms with E-state index in [1.165, 1.54) is 0 Å². The van der Waals surface area contributed by atoms with E-state index >= 15 is 0 Å². The summed E-state index contributed by atoms with van der Waals surface area (Å²) in [6, 6.07) is 7.25. The number of methoxy groups -OCH3 is 4. The molecule has 1 aliphatic carbocycles. The SMILES string of the molecule is COc1ccc(/C=C2/C(=O)CCc3c2cc(OC)c(OC)c3OC)cc1N. The van der Waals surface area contributed by atoms with Crippen LogP contribution in [0.5, 0.6) is 23.0 Å². The van der Waals surface area contributed by atoms with Crippen LogP contribution in [0, 0.1) is 0 Å². The standard InChI is InChI=1S/C21H23NO5/c1-24-18-8-5-12(10-16(18)22)9-15-14-11-19(25-2)21(27-4)20(26-3)13(14)6-7-17(15)23/h5,8-11H,6-7,22H2,1-4H3/b15-9+. The lowest BCUT2D eigenvalue weighted by Gasteiger charge is -2.24. The summed E-state index contributed by atoms with van der Waals surface area (Å²) >= 11 is 0. The number of rotatable bonds is 5. The zero-order valence-corrected chi connectivity index (χ0v) is 15.9. The van der Waals surface area contributed by atoms with Gasteiger partial charge in [0.1, 0.15) is 5.75 Å². The van der Waals surface area contributed by atoms with Crippen molar-refractivity contribution in [2.45, 2.75) is 12.8 Å². The molecule has 0 atom stereocenters. The third kappa shape index (κ3) is 3.30. The molecule has 6 heteroatoms. The lowest BCUT2D eigenvalue weighted by molar-refractivity contribution is -0.113. The number of Topliss-reactive ketones (excluding diaryl/α,β-unsaturated/α-hetero) is 1. The molecule has 1 aliphatic rings. The van der Waals surface area contributed by atoms with Gasteiger partial charge in [0, 0.05) is 17.6 Å². The first-order chi connectivity index (χ1) is 13.0. The fourth-order valence-corrected chi connectivity index (χ4v) is 3.40. The highest BCUT2D eigenvalue weighted by Crippen LogP contribution is 2.46. The molecule has 0 radical (unpaired) electrons. The topological polar surface area (TPSA) is 80.0 Å². The van der Waals surface area contributed by atoms with E-state index in [1.54, 1.807) is 40.6 Å². The maximum atomic E-state index is 12.7. The van der Waals surface area contributed by atoms with Crippen molar-refractivity contribution < 1.29 is 23.7 Å². The summed E-state index contributed by atoms with van der Waals surface area (Å²) in [7, 11) is 6.28. The van der Waals surface area contributed by atoms with Gasteiger partial charge in [-0.2, -0.15) is 0 Å². The first kappa shape index (κ1) is 18.6. The second-order valence-electron chi connectivity index (χ2n) is 6.15. The predicted octanol–water partition coefficient (Wildman–Crippen LogP) is 3.36. The Labute approximate surface area is 158 Å². The second kappa shape index (κ2) is 7.61. The van der Waals surface area contributed by atoms with Crippen molar-refractivity contribution in [3.8, 4) is 23.0 Å². The van der Waals surface area contributed by atoms with E-state index in [0.717, 1.165) is 16.7 Å². The number of benzene rings is 2. The molecule has 0 aliphatic heterocycles. The molecule has 0 aromatic heterocycles. The normalized spacial score (nSPS) is 14.7. The van der Waals surface area contributed by atoms with Gasteiger partial charge in [-0.25, -0.2) is 0 Å². The van der Waals surface area contributed by atoms with Crippen LogP contribution >= 0.6 is 0 Å². The third-order valence-electron chi connectivity index (χ3n) is 4.69. The van der Waals surface area contributed by atoms with Crippen molar-refractivity contribution >= 4 is 23.1 Å². The number of carbonyl (C=O) groups is 1. The first-order valence-corrected chi connectivity index (χ1v) is 8.54. The molecular formula is C21H23NO5. The number of nitrogens with two attached hydrogens (primary N) is 1. The van der Waals surface area contributed by atoms with Crippen LogP contribution in [-0.2, 0) is 11.2 Å². The molecule has 0 saturated carbocycles. The molecule has 27 heavy (non-hydrogen) atoms. The van der Waals surface area contributed by atoms with Gasteiger partial charge in [0.25, 0.3) is 0 Å². The van der Waals surface area contributed by atoms with Crippen molar-refractivity contribution in [1.29, 1.82) is 0 Å². The van der Waals surface area contributed by atoms with Crippen molar-refractivity contribution in [3.05, 3.63) is 41.0 Å². The Kier molecular flexibility index (Phi) is 5.26. The molecule has 0 bridgehead atoms. The van der Waals surface area contributed by atoms with E-state index in [2.05, 4.69) is 0 Å². The Morgan fingerprint density at radius 3 is 2.19 bits per heavy atom. The molecular weight excluding hydrogens is 346 g/mol. The van der Waals surface area contributed by atoms with E-state index in [4.69, 9.17) is 24.7 Å². The Bertz CT molecular complexity index is 917. The molecule has 0 spiro atoms. The molecule has 0 heterocycles. The summed E-state index contributed by atoms with van der Waals surface area (Å²) in [6.45, 7) is 0. The Hall–Kier alpha value is -3.15. The van der Waals surface area contributed by atoms with Crippen LogP contribution in [0.4, 0.5) is 5.69 Å². The molecule has 2 N–H and O–H groups in total. The first-order valence-electron chi connectivity index (χ1n) is 8.54. The van der Waals surface area contributed by atoms with Gasteiger partial charge in [-0.05, 0) is 41.8 Å². The number of ketones is 1. The Morgan fingerprint density at radius 2 is 1.59 bits per heavy atom. The number of hydrogen-bond donors (Lipinski definition) is 1. The van der Waals surface area contributed by atoms with Crippen molar-refractivity contribution in [2.75, 3.05) is 34.2 Å². The van der Waals surface area contributed by atoms with Gasteiger partial charge in [-0.1, -0.05) is 6.07 Å². The minimum atomic E-state index is 0.0613. The number of nitrogen functional groups attached to an aromatic ring is 1. The molecule has 6 nitrogen and oxygen atoms in total. The molecule has 0 unspecified atom stereocenters. The summed E-state index contributed by atoms with van der Waals surface area (Å²) < 4.78 is 21.7. The van der Waals surface area contributed by atoms with Crippen LogP contribution in [0.1, 0.15) is 23.1 Å². The second-order valence-corrected chi connectivity index (χ2v) is 6.15. The molecule has 3 rings (SSSR count). The zero-order chi connectivity index (χ0) is 19.6. The number of allylic oxidation sites excluding steroid dienone is 1. The highest BCUT2D eigenvalue weighted by Gasteiger charge is 2.29. The van der Waals surface area contributed by atoms with Gasteiger partial charge in [-0.15, -0.1) is 0 Å². The average Bonchev–Trinajstić information content (AvgIpc) is 2.68. The van der Waals surface area contributed by atoms with Crippen LogP contribution in [0.2, 0.25) is 0 Å². The van der Waals surface area contributed by atoms with Crippen LogP contribution < -0.4 is 24.7 Å². The highest BCUT2D eigenvalue weighted by molar-refractivity contribution is 6.27. The lowest BCUT2D eigenvalue weighted by Crippen LogP contribution is -2.14. The number of ether oxygens (including phenoxy) is 4. The van der Waals surface area contributed by atoms with E-state index < -0.39 is 0 Å². The van der Waals surface area contributed by atoms with Gasteiger partial charge in [0.05, 0.1) is 34.1 Å². The molecule has 0 fully saturated rings. The van der Waals surface area contributed by atoms with E-state index in [-0.39, 0.29) is 5.78 Å². The van der Waals surface area contributed by atoms with Gasteiger partial charge in [-0.3, -0.25) is 4.79 Å². The van der Waals surface area contributed by atoms with Crippen LogP contribution in [0.3, 0.4) is 0 Å². The summed E-state index contributed by atoms with van der Waals surface area (Å²) in [5, 5.41) is 0. The van der Waals surface area contributed by atoms with E-state index in [0.29, 0.717) is 47.1 Å². The summed E-state index contributed by atoms with van der Waals surface area (Å²) in [4.78, 5) is 12.7. The number of carbonyl (C=O) groups excluding carboxylic acids is 1. The van der Waals surface area contributed by atoms with Crippen LogP contribution in [0.15, 0.2) is 24.3 Å². The Morgan fingerprint density at radius 1 is 0.889 bits per heavy atom. The minimum Gasteiger partial charge on any atom is -0.495 e. The van der Waals surface area contributed by atoms with E-state index in [9.17, 15) is 4.79 Å². The lowest BCUT2D eigenvalue weighted by atomic mass is 9.84. The molecule has 2 aromatic carbocycles. The van der Waals surface area contributed by atoms with Crippen LogP contribution in [-0.4, -0.2) is 34.2 Å². The summed E-state index contributed by atoms with van der Waals surface area (Å²) in [5.74, 6) is 2.30. The van der Waals surface area contributed by atoms with Gasteiger partial charge >= 0.3 is 0 Å². The molecule has 142 valence electrons. The smallest absolute Gasteiger partial charge is 0.203 e. The van der Waals surface area contributed by atoms with Crippen molar-refractivity contribution in [1.82, 2.24) is 0 Å². The van der Waals surface area contributed by atoms with Crippen LogP contribution in [0.25, 0.3) is 11.6 Å². The number of anilines is 1. The number of fused-ring (bicyclic) bond motifs is 1.